The van der Waals surface area contributed by atoms with E-state index in [4.69, 9.17) is 0 Å². The van der Waals surface area contributed by atoms with E-state index in [1.165, 1.54) is 17.4 Å². The van der Waals surface area contributed by atoms with Crippen LogP contribution in [0, 0.1) is 12.7 Å². The van der Waals surface area contributed by atoms with Gasteiger partial charge in [-0.1, -0.05) is 12.1 Å². The van der Waals surface area contributed by atoms with Gasteiger partial charge in [0.2, 0.25) is 0 Å². The standard InChI is InChI=1S/C12H12FNOS/c1-8-2-3-9(10(13)6-8)11(15)7-12-14-4-5-16-12/h2-6,11,15H,7H2,1H3. The molecular formula is C12H12FNOS. The van der Waals surface area contributed by atoms with Gasteiger partial charge in [0.1, 0.15) is 5.82 Å². The van der Waals surface area contributed by atoms with Crippen molar-refractivity contribution in [2.75, 3.05) is 0 Å². The molecule has 0 spiro atoms. The van der Waals surface area contributed by atoms with Crippen molar-refractivity contribution in [2.24, 2.45) is 0 Å². The molecule has 84 valence electrons. The molecule has 0 radical (unpaired) electrons. The minimum absolute atomic E-state index is 0.334. The van der Waals surface area contributed by atoms with Gasteiger partial charge in [0.15, 0.2) is 0 Å². The molecule has 0 aliphatic carbocycles. The van der Waals surface area contributed by atoms with Crippen LogP contribution in [0.4, 0.5) is 4.39 Å². The van der Waals surface area contributed by atoms with Crippen LogP contribution in [-0.2, 0) is 6.42 Å². The fourth-order valence-electron chi connectivity index (χ4n) is 1.53. The van der Waals surface area contributed by atoms with Crippen LogP contribution in [-0.4, -0.2) is 10.1 Å². The van der Waals surface area contributed by atoms with E-state index in [1.807, 2.05) is 12.3 Å². The molecule has 0 aliphatic heterocycles. The SMILES string of the molecule is Cc1ccc(C(O)Cc2nccs2)c(F)c1. The van der Waals surface area contributed by atoms with Crippen LogP contribution >= 0.6 is 11.3 Å². The zero-order valence-corrected chi connectivity index (χ0v) is 9.67. The van der Waals surface area contributed by atoms with E-state index in [1.54, 1.807) is 18.3 Å². The van der Waals surface area contributed by atoms with Crippen LogP contribution in [0.3, 0.4) is 0 Å². The lowest BCUT2D eigenvalue weighted by molar-refractivity contribution is 0.173. The Morgan fingerprint density at radius 1 is 1.50 bits per heavy atom. The van der Waals surface area contributed by atoms with Crippen LogP contribution in [0.1, 0.15) is 22.2 Å². The summed E-state index contributed by atoms with van der Waals surface area (Å²) in [5, 5.41) is 12.5. The van der Waals surface area contributed by atoms with E-state index >= 15 is 0 Å². The highest BCUT2D eigenvalue weighted by atomic mass is 32.1. The van der Waals surface area contributed by atoms with E-state index in [0.717, 1.165) is 10.6 Å². The Balaban J connectivity index is 2.17. The average molecular weight is 237 g/mol. The van der Waals surface area contributed by atoms with Gasteiger partial charge < -0.3 is 5.11 Å². The van der Waals surface area contributed by atoms with Crippen molar-refractivity contribution < 1.29 is 9.50 Å². The number of nitrogens with zero attached hydrogens (tertiary/aromatic N) is 1. The summed E-state index contributed by atoms with van der Waals surface area (Å²) in [5.74, 6) is -0.357. The molecule has 1 N–H and O–H groups in total. The minimum Gasteiger partial charge on any atom is -0.388 e. The van der Waals surface area contributed by atoms with Crippen molar-refractivity contribution in [1.82, 2.24) is 4.98 Å². The van der Waals surface area contributed by atoms with E-state index in [9.17, 15) is 9.50 Å². The molecule has 16 heavy (non-hydrogen) atoms. The Kier molecular flexibility index (Phi) is 3.31. The summed E-state index contributed by atoms with van der Waals surface area (Å²) in [6.07, 6.45) is 1.21. The lowest BCUT2D eigenvalue weighted by Gasteiger charge is -2.10. The number of aromatic nitrogens is 1. The van der Waals surface area contributed by atoms with Crippen LogP contribution in [0.15, 0.2) is 29.8 Å². The number of aliphatic hydroxyl groups is 1. The smallest absolute Gasteiger partial charge is 0.129 e. The van der Waals surface area contributed by atoms with Crippen molar-refractivity contribution in [2.45, 2.75) is 19.4 Å². The molecule has 0 aliphatic rings. The number of hydrogen-bond donors (Lipinski definition) is 1. The summed E-state index contributed by atoms with van der Waals surface area (Å²) in [6, 6.07) is 4.85. The maximum absolute atomic E-state index is 13.6. The topological polar surface area (TPSA) is 33.1 Å². The molecule has 1 aromatic heterocycles. The fourth-order valence-corrected chi connectivity index (χ4v) is 2.19. The second kappa shape index (κ2) is 4.72. The summed E-state index contributed by atoms with van der Waals surface area (Å²) in [4.78, 5) is 4.07. The third kappa shape index (κ3) is 2.46. The third-order valence-electron chi connectivity index (χ3n) is 2.37. The van der Waals surface area contributed by atoms with Gasteiger partial charge in [0.25, 0.3) is 0 Å². The molecule has 1 heterocycles. The monoisotopic (exact) mass is 237 g/mol. The number of thiazole rings is 1. The van der Waals surface area contributed by atoms with Crippen molar-refractivity contribution in [1.29, 1.82) is 0 Å². The average Bonchev–Trinajstić information content (AvgIpc) is 2.70. The molecule has 1 atom stereocenters. The van der Waals surface area contributed by atoms with Gasteiger partial charge in [0.05, 0.1) is 11.1 Å². The largest absolute Gasteiger partial charge is 0.388 e. The lowest BCUT2D eigenvalue weighted by atomic mass is 10.0. The van der Waals surface area contributed by atoms with Gasteiger partial charge >= 0.3 is 0 Å². The second-order valence-electron chi connectivity index (χ2n) is 3.67. The molecule has 1 aromatic carbocycles. The Hall–Kier alpha value is -1.26. The Labute approximate surface area is 97.4 Å². The molecule has 2 nitrogen and oxygen atoms in total. The number of aryl methyl sites for hydroxylation is 1. The summed E-state index contributed by atoms with van der Waals surface area (Å²) in [5.41, 5.74) is 1.18. The molecule has 2 rings (SSSR count). The first-order chi connectivity index (χ1) is 7.66. The first kappa shape index (κ1) is 11.2. The van der Waals surface area contributed by atoms with Crippen molar-refractivity contribution in [3.8, 4) is 0 Å². The molecule has 4 heteroatoms. The molecule has 0 saturated carbocycles. The number of hydrogen-bond acceptors (Lipinski definition) is 3. The maximum atomic E-state index is 13.6. The van der Waals surface area contributed by atoms with Gasteiger partial charge in [-0.2, -0.15) is 0 Å². The van der Waals surface area contributed by atoms with Gasteiger partial charge in [-0.25, -0.2) is 9.37 Å². The molecule has 0 amide bonds. The number of benzene rings is 1. The highest BCUT2D eigenvalue weighted by molar-refractivity contribution is 7.09. The van der Waals surface area contributed by atoms with Crippen LogP contribution in [0.25, 0.3) is 0 Å². The highest BCUT2D eigenvalue weighted by Gasteiger charge is 2.14. The number of aliphatic hydroxyl groups excluding tert-OH is 1. The number of rotatable bonds is 3. The summed E-state index contributed by atoms with van der Waals surface area (Å²) in [6.45, 7) is 1.82. The normalized spacial score (nSPS) is 12.7. The van der Waals surface area contributed by atoms with Gasteiger partial charge in [0, 0.05) is 23.6 Å². The van der Waals surface area contributed by atoms with Crippen LogP contribution in [0.5, 0.6) is 0 Å². The third-order valence-corrected chi connectivity index (χ3v) is 3.17. The Morgan fingerprint density at radius 3 is 2.94 bits per heavy atom. The fraction of sp³-hybridized carbons (Fsp3) is 0.250. The summed E-state index contributed by atoms with van der Waals surface area (Å²) < 4.78 is 13.6. The lowest BCUT2D eigenvalue weighted by Crippen LogP contribution is -2.04. The van der Waals surface area contributed by atoms with Crippen molar-refractivity contribution >= 4 is 11.3 Å². The maximum Gasteiger partial charge on any atom is 0.129 e. The van der Waals surface area contributed by atoms with Gasteiger partial charge in [-0.15, -0.1) is 11.3 Å². The quantitative estimate of drug-likeness (QED) is 0.890. The van der Waals surface area contributed by atoms with Gasteiger partial charge in [-0.3, -0.25) is 0 Å². The molecule has 0 fully saturated rings. The molecule has 2 aromatic rings. The van der Waals surface area contributed by atoms with E-state index in [2.05, 4.69) is 4.98 Å². The van der Waals surface area contributed by atoms with Crippen molar-refractivity contribution in [3.05, 3.63) is 51.7 Å². The van der Waals surface area contributed by atoms with Crippen molar-refractivity contribution in [3.63, 3.8) is 0 Å². The predicted molar refractivity (Wildman–Crippen MR) is 61.9 cm³/mol. The molecular weight excluding hydrogens is 225 g/mol. The summed E-state index contributed by atoms with van der Waals surface area (Å²) in [7, 11) is 0. The Morgan fingerprint density at radius 2 is 2.31 bits per heavy atom. The van der Waals surface area contributed by atoms with E-state index in [-0.39, 0.29) is 5.82 Å². The zero-order chi connectivity index (χ0) is 11.5. The van der Waals surface area contributed by atoms with Crippen LogP contribution < -0.4 is 0 Å². The second-order valence-corrected chi connectivity index (χ2v) is 4.65. The first-order valence-corrected chi connectivity index (χ1v) is 5.87. The molecule has 0 bridgehead atoms. The predicted octanol–water partition coefficient (Wildman–Crippen LogP) is 2.87. The Bertz CT molecular complexity index is 470. The molecule has 1 unspecified atom stereocenters. The first-order valence-electron chi connectivity index (χ1n) is 4.99. The zero-order valence-electron chi connectivity index (χ0n) is 8.85. The highest BCUT2D eigenvalue weighted by Crippen LogP contribution is 2.22. The molecule has 0 saturated heterocycles. The van der Waals surface area contributed by atoms with Crippen LogP contribution in [0.2, 0.25) is 0 Å². The van der Waals surface area contributed by atoms with Gasteiger partial charge in [-0.05, 0) is 18.6 Å². The minimum atomic E-state index is -0.827. The van der Waals surface area contributed by atoms with E-state index in [0.29, 0.717) is 12.0 Å². The summed E-state index contributed by atoms with van der Waals surface area (Å²) >= 11 is 1.46. The van der Waals surface area contributed by atoms with E-state index < -0.39 is 6.10 Å². The number of halogens is 1.